The smallest absolute Gasteiger partial charge is 0.242 e. The topological polar surface area (TPSA) is 258 Å². The molecule has 0 unspecified atom stereocenters. The first-order valence-corrected chi connectivity index (χ1v) is 29.6. The van der Waals surface area contributed by atoms with E-state index in [0.29, 0.717) is 74.8 Å². The Hall–Kier alpha value is -8.59. The van der Waals surface area contributed by atoms with E-state index >= 15 is 4.79 Å². The van der Waals surface area contributed by atoms with Gasteiger partial charge in [-0.1, -0.05) is 152 Å². The number of nitrogens with two attached hydrogens (primary N) is 3. The molecule has 0 aromatic heterocycles. The Morgan fingerprint density at radius 3 is 0.686 bits per heavy atom. The number of carbonyl (C=O) groups is 9. The number of ketones is 1. The summed E-state index contributed by atoms with van der Waals surface area (Å²) < 4.78 is 0. The van der Waals surface area contributed by atoms with Crippen LogP contribution in [0.3, 0.4) is 0 Å². The fraction of sp³-hybridized carbons (Fsp3) is 0.409. The van der Waals surface area contributed by atoms with Crippen LogP contribution in [0, 0.1) is 0 Å². The zero-order chi connectivity index (χ0) is 62.1. The molecule has 6 N–H and O–H groups in total. The predicted molar refractivity (Wildman–Crippen MR) is 330 cm³/mol. The Labute approximate surface area is 506 Å². The van der Waals surface area contributed by atoms with Gasteiger partial charge >= 0.3 is 0 Å². The third-order valence-electron chi connectivity index (χ3n) is 14.3. The highest BCUT2D eigenvalue weighted by molar-refractivity contribution is 5.94. The minimum Gasteiger partial charge on any atom is -0.332 e. The van der Waals surface area contributed by atoms with Gasteiger partial charge in [0.1, 0.15) is 32.0 Å². The highest BCUT2D eigenvalue weighted by Gasteiger charge is 2.31. The molecule has 20 nitrogen and oxygen atoms in total. The van der Waals surface area contributed by atoms with Gasteiger partial charge in [-0.05, 0) is 92.9 Å². The number of benzene rings is 5. The van der Waals surface area contributed by atoms with Crippen molar-refractivity contribution >= 4 is 53.0 Å². The maximum Gasteiger partial charge on any atom is 0.242 e. The van der Waals surface area contributed by atoms with Crippen molar-refractivity contribution < 1.29 is 43.2 Å². The molecule has 0 radical (unpaired) electrons. The Bertz CT molecular complexity index is 2910. The number of amides is 8. The molecule has 8 amide bonds. The maximum absolute atomic E-state index is 15.0. The van der Waals surface area contributed by atoms with Crippen molar-refractivity contribution in [2.24, 2.45) is 17.2 Å². The molecule has 0 aliphatic heterocycles. The molecule has 5 aromatic carbocycles. The predicted octanol–water partition coefficient (Wildman–Crippen LogP) is 4.44. The van der Waals surface area contributed by atoms with Crippen LogP contribution in [0.25, 0.3) is 0 Å². The fourth-order valence-electron chi connectivity index (χ4n) is 9.56. The average Bonchev–Trinajstić information content (AvgIpc) is 3.64. The van der Waals surface area contributed by atoms with Crippen molar-refractivity contribution in [1.82, 2.24) is 39.2 Å². The van der Waals surface area contributed by atoms with Crippen LogP contribution in [0.1, 0.15) is 80.2 Å². The van der Waals surface area contributed by atoms with E-state index < -0.39 is 74.1 Å². The summed E-state index contributed by atoms with van der Waals surface area (Å²) in [7, 11) is 0. The van der Waals surface area contributed by atoms with Crippen LogP contribution >= 0.6 is 0 Å². The standard InChI is InChI=1S/C66H87N11O9/c1-53(78)40-74(42-56-26-10-4-11-27-56)63(83)46-71(38-22-19-35-68)62(82)51-76(44-58-30-14-6-15-31-58)66(86)52-77(45-59-32-16-7-17-33-59)65(85)48-72(39-23-20-36-69)61(81)50-75(43-57-28-12-5-13-29-57)64(84)47-70(37-21-18-34-67)60(80)49-73(54(2)79)41-55-24-8-3-9-25-55/h3-17,24-33H,18-23,34-52,67-69H2,1-2H3. The maximum atomic E-state index is 15.0. The van der Waals surface area contributed by atoms with Crippen molar-refractivity contribution in [3.05, 3.63) is 179 Å². The summed E-state index contributed by atoms with van der Waals surface area (Å²) in [6.45, 7) is 1.27. The SMILES string of the molecule is CC(=O)CN(Cc1ccccc1)C(=O)CN(CCCCN)C(=O)CN(Cc1ccccc1)C(=O)CN(Cc1ccccc1)C(=O)CN(CCCCN)C(=O)CN(Cc1ccccc1)C(=O)CN(CCCCN)C(=O)CN(Cc1ccccc1)C(C)=O. The molecule has 0 aliphatic carbocycles. The lowest BCUT2D eigenvalue weighted by Gasteiger charge is -2.33. The first-order valence-electron chi connectivity index (χ1n) is 29.6. The Morgan fingerprint density at radius 1 is 0.267 bits per heavy atom. The van der Waals surface area contributed by atoms with Crippen LogP contribution < -0.4 is 17.2 Å². The summed E-state index contributed by atoms with van der Waals surface area (Å²) in [6, 6.07) is 45.6. The summed E-state index contributed by atoms with van der Waals surface area (Å²) in [5, 5.41) is 0. The number of hydrogen-bond acceptors (Lipinski definition) is 12. The molecule has 0 bridgehead atoms. The fourth-order valence-corrected chi connectivity index (χ4v) is 9.56. The van der Waals surface area contributed by atoms with Crippen molar-refractivity contribution in [2.45, 2.75) is 85.1 Å². The van der Waals surface area contributed by atoms with Crippen molar-refractivity contribution in [3.8, 4) is 0 Å². The van der Waals surface area contributed by atoms with E-state index in [9.17, 15) is 38.4 Å². The second kappa shape index (κ2) is 37.7. The largest absolute Gasteiger partial charge is 0.332 e. The summed E-state index contributed by atoms with van der Waals surface area (Å²) in [5.74, 6) is -4.27. The number of nitrogens with zero attached hydrogens (tertiary/aromatic N) is 8. The average molecular weight is 1180 g/mol. The van der Waals surface area contributed by atoms with Gasteiger partial charge in [0, 0.05) is 59.3 Å². The normalized spacial score (nSPS) is 10.8. The van der Waals surface area contributed by atoms with Gasteiger partial charge in [0.2, 0.25) is 47.3 Å². The van der Waals surface area contributed by atoms with Gasteiger partial charge in [-0.3, -0.25) is 43.2 Å². The summed E-state index contributed by atoms with van der Waals surface area (Å²) in [5.41, 5.74) is 21.4. The minimum absolute atomic E-state index is 0.0119. The van der Waals surface area contributed by atoms with Crippen LogP contribution in [0.5, 0.6) is 0 Å². The summed E-state index contributed by atoms with van der Waals surface area (Å²) in [6.07, 6.45) is 3.00. The van der Waals surface area contributed by atoms with Gasteiger partial charge in [-0.2, -0.15) is 0 Å². The van der Waals surface area contributed by atoms with E-state index in [2.05, 4.69) is 0 Å². The van der Waals surface area contributed by atoms with E-state index in [0.717, 1.165) is 11.1 Å². The molecule has 20 heteroatoms. The van der Waals surface area contributed by atoms with Crippen LogP contribution in [-0.4, -0.2) is 184 Å². The highest BCUT2D eigenvalue weighted by atomic mass is 16.2. The molecular formula is C66H87N11O9. The van der Waals surface area contributed by atoms with Crippen molar-refractivity contribution in [1.29, 1.82) is 0 Å². The first kappa shape index (κ1) is 68.2. The molecule has 0 aliphatic rings. The number of rotatable bonds is 38. The lowest BCUT2D eigenvalue weighted by molar-refractivity contribution is -0.149. The first-order chi connectivity index (χ1) is 41.6. The molecule has 5 aromatic rings. The Kier molecular flexibility index (Phi) is 29.9. The molecular weight excluding hydrogens is 1090 g/mol. The van der Waals surface area contributed by atoms with E-state index in [1.165, 1.54) is 53.0 Å². The van der Waals surface area contributed by atoms with Crippen molar-refractivity contribution in [3.63, 3.8) is 0 Å². The molecule has 0 heterocycles. The van der Waals surface area contributed by atoms with Gasteiger partial charge in [0.05, 0.1) is 26.2 Å². The Morgan fingerprint density at radius 2 is 0.465 bits per heavy atom. The molecule has 0 spiro atoms. The number of carbonyl (C=O) groups excluding carboxylic acids is 9. The molecule has 5 rings (SSSR count). The Balaban J connectivity index is 1.43. The molecule has 86 heavy (non-hydrogen) atoms. The quantitative estimate of drug-likeness (QED) is 0.0464. The van der Waals surface area contributed by atoms with E-state index in [1.54, 1.807) is 24.3 Å². The zero-order valence-electron chi connectivity index (χ0n) is 50.1. The molecule has 0 saturated carbocycles. The second-order valence-electron chi connectivity index (χ2n) is 21.4. The molecule has 0 atom stereocenters. The van der Waals surface area contributed by atoms with E-state index in [4.69, 9.17) is 17.2 Å². The van der Waals surface area contributed by atoms with Crippen LogP contribution in [0.15, 0.2) is 152 Å². The number of hydrogen-bond donors (Lipinski definition) is 3. The van der Waals surface area contributed by atoms with Gasteiger partial charge in [0.25, 0.3) is 0 Å². The molecule has 0 fully saturated rings. The third kappa shape index (κ3) is 24.6. The van der Waals surface area contributed by atoms with Gasteiger partial charge in [-0.25, -0.2) is 0 Å². The number of unbranched alkanes of at least 4 members (excludes halogenated alkanes) is 3. The lowest BCUT2D eigenvalue weighted by Crippen LogP contribution is -2.52. The third-order valence-corrected chi connectivity index (χ3v) is 14.3. The van der Waals surface area contributed by atoms with Crippen LogP contribution in [0.4, 0.5) is 0 Å². The summed E-state index contributed by atoms with van der Waals surface area (Å²) in [4.78, 5) is 139. The van der Waals surface area contributed by atoms with Crippen LogP contribution in [-0.2, 0) is 75.9 Å². The van der Waals surface area contributed by atoms with Gasteiger partial charge < -0.3 is 56.4 Å². The monoisotopic (exact) mass is 1180 g/mol. The lowest BCUT2D eigenvalue weighted by atomic mass is 10.2. The molecule has 0 saturated heterocycles. The minimum atomic E-state index is -0.588. The van der Waals surface area contributed by atoms with E-state index in [-0.39, 0.29) is 83.7 Å². The second-order valence-corrected chi connectivity index (χ2v) is 21.4. The molecule has 460 valence electrons. The van der Waals surface area contributed by atoms with Crippen molar-refractivity contribution in [2.75, 3.05) is 91.6 Å². The van der Waals surface area contributed by atoms with Gasteiger partial charge in [-0.15, -0.1) is 0 Å². The number of Topliss-reactive ketones (excluding diaryl/α,β-unsaturated/α-hetero) is 1. The van der Waals surface area contributed by atoms with Gasteiger partial charge in [0.15, 0.2) is 0 Å². The summed E-state index contributed by atoms with van der Waals surface area (Å²) >= 11 is 0. The van der Waals surface area contributed by atoms with Crippen LogP contribution in [0.2, 0.25) is 0 Å². The van der Waals surface area contributed by atoms with E-state index in [1.807, 2.05) is 127 Å². The highest BCUT2D eigenvalue weighted by Crippen LogP contribution is 2.16. The zero-order valence-corrected chi connectivity index (χ0v) is 50.1.